The topological polar surface area (TPSA) is 148 Å². The van der Waals surface area contributed by atoms with Gasteiger partial charge in [-0.3, -0.25) is 9.78 Å². The van der Waals surface area contributed by atoms with Crippen LogP contribution in [0.25, 0.3) is 10.9 Å². The van der Waals surface area contributed by atoms with E-state index in [4.69, 9.17) is 19.2 Å². The van der Waals surface area contributed by atoms with Gasteiger partial charge in [-0.2, -0.15) is 0 Å². The number of nitrogens with zero attached hydrogens (tertiary/aromatic N) is 1. The lowest BCUT2D eigenvalue weighted by molar-refractivity contribution is 0.102. The van der Waals surface area contributed by atoms with Gasteiger partial charge >= 0.3 is 7.82 Å². The maximum atomic E-state index is 12.6. The number of pyridine rings is 1. The Morgan fingerprint density at radius 2 is 2.06 bits per heavy atom. The van der Waals surface area contributed by atoms with Crippen molar-refractivity contribution < 1.29 is 24.0 Å². The van der Waals surface area contributed by atoms with E-state index in [9.17, 15) is 4.79 Å². The quantitative estimate of drug-likeness (QED) is 0.321. The van der Waals surface area contributed by atoms with Crippen molar-refractivity contribution in [1.29, 1.82) is 0 Å². The average Bonchev–Trinajstić information content (AvgIpc) is 3.10. The summed E-state index contributed by atoms with van der Waals surface area (Å²) in [5.74, 6) is -0.107. The molecule has 0 aliphatic heterocycles. The number of hydrogen-bond acceptors (Lipinski definition) is 4. The summed E-state index contributed by atoms with van der Waals surface area (Å²) in [6.45, 7) is 4.45. The van der Waals surface area contributed by atoms with Gasteiger partial charge in [-0.25, -0.2) is 4.57 Å². The highest BCUT2D eigenvalue weighted by Gasteiger charge is 2.23. The Labute approximate surface area is 186 Å². The Bertz CT molecular complexity index is 1100. The lowest BCUT2D eigenvalue weighted by Crippen LogP contribution is -2.39. The molecule has 2 unspecified atom stereocenters. The van der Waals surface area contributed by atoms with Gasteiger partial charge in [0.15, 0.2) is 0 Å². The van der Waals surface area contributed by atoms with Crippen molar-refractivity contribution in [2.24, 2.45) is 0 Å². The van der Waals surface area contributed by atoms with Crippen LogP contribution in [0.1, 0.15) is 48.3 Å². The van der Waals surface area contributed by atoms with Crippen molar-refractivity contribution in [3.8, 4) is 0 Å². The molecule has 10 heteroatoms. The Morgan fingerprint density at radius 3 is 2.72 bits per heavy atom. The van der Waals surface area contributed by atoms with Gasteiger partial charge in [0.1, 0.15) is 0 Å². The monoisotopic (exact) mass is 460 g/mol. The molecule has 1 aliphatic rings. The molecule has 6 N–H and O–H groups in total. The molecule has 4 rings (SSSR count). The maximum absolute atomic E-state index is 12.6. The highest BCUT2D eigenvalue weighted by Crippen LogP contribution is 2.30. The normalized spacial score (nSPS) is 16.6. The molecular weight excluding hydrogens is 431 g/mol. The van der Waals surface area contributed by atoms with E-state index in [0.29, 0.717) is 23.3 Å². The van der Waals surface area contributed by atoms with Crippen LogP contribution >= 0.6 is 7.82 Å². The Kier molecular flexibility index (Phi) is 7.82. The van der Waals surface area contributed by atoms with Crippen molar-refractivity contribution in [2.45, 2.75) is 51.6 Å². The number of aromatic nitrogens is 2. The summed E-state index contributed by atoms with van der Waals surface area (Å²) < 4.78 is 8.88. The zero-order valence-corrected chi connectivity index (χ0v) is 19.0. The second-order valence-electron chi connectivity index (χ2n) is 7.97. The number of phosphoric acid groups is 1. The van der Waals surface area contributed by atoms with Gasteiger partial charge in [-0.15, -0.1) is 0 Å². The van der Waals surface area contributed by atoms with Crippen LogP contribution < -0.4 is 10.6 Å². The van der Waals surface area contributed by atoms with Crippen LogP contribution in [0.3, 0.4) is 0 Å². The number of H-pyrrole nitrogens is 1. The number of nitrogens with one attached hydrogen (secondary N) is 3. The summed E-state index contributed by atoms with van der Waals surface area (Å²) in [4.78, 5) is 41.8. The molecule has 0 saturated carbocycles. The van der Waals surface area contributed by atoms with Crippen molar-refractivity contribution in [3.63, 3.8) is 0 Å². The van der Waals surface area contributed by atoms with Gasteiger partial charge in [-0.1, -0.05) is 6.92 Å². The molecule has 0 spiro atoms. The highest BCUT2D eigenvalue weighted by atomic mass is 31.2. The summed E-state index contributed by atoms with van der Waals surface area (Å²) in [6, 6.07) is 10.6. The van der Waals surface area contributed by atoms with Gasteiger partial charge in [-0.05, 0) is 68.5 Å². The third-order valence-corrected chi connectivity index (χ3v) is 5.50. The molecule has 9 nitrogen and oxygen atoms in total. The molecule has 1 amide bonds. The molecule has 2 atom stereocenters. The van der Waals surface area contributed by atoms with Crippen molar-refractivity contribution in [3.05, 3.63) is 59.5 Å². The summed E-state index contributed by atoms with van der Waals surface area (Å²) in [7, 11) is -4.64. The molecule has 172 valence electrons. The highest BCUT2D eigenvalue weighted by molar-refractivity contribution is 7.45. The number of rotatable bonds is 5. The largest absolute Gasteiger partial charge is 0.466 e. The molecule has 2 aromatic heterocycles. The number of amides is 1. The average molecular weight is 460 g/mol. The minimum absolute atomic E-state index is 0.107. The molecule has 1 aromatic carbocycles. The first-order valence-corrected chi connectivity index (χ1v) is 12.1. The third-order valence-electron chi connectivity index (χ3n) is 5.50. The van der Waals surface area contributed by atoms with Crippen LogP contribution in [0.4, 0.5) is 5.69 Å². The van der Waals surface area contributed by atoms with Crippen LogP contribution in [-0.4, -0.2) is 42.6 Å². The number of aromatic amines is 1. The van der Waals surface area contributed by atoms with Crippen LogP contribution in [0, 0.1) is 0 Å². The second kappa shape index (κ2) is 10.4. The fraction of sp³-hybridized carbons (Fsp3) is 0.364. The molecule has 3 aromatic rings. The fourth-order valence-electron chi connectivity index (χ4n) is 3.86. The first-order chi connectivity index (χ1) is 15.1. The summed E-state index contributed by atoms with van der Waals surface area (Å²) in [5.41, 5.74) is 5.16. The minimum Gasteiger partial charge on any atom is -0.358 e. The number of carbonyl (C=O) groups is 1. The first-order valence-electron chi connectivity index (χ1n) is 10.5. The Hall–Kier alpha value is -2.55. The van der Waals surface area contributed by atoms with E-state index in [2.05, 4.69) is 34.4 Å². The SMILES string of the molecule is CCC(C)NC1CCc2[nH]c3ccc(C(=O)Nc4cccnc4)cc3c2C1.O=P(O)(O)O. The molecule has 1 aliphatic carbocycles. The van der Waals surface area contributed by atoms with Crippen molar-refractivity contribution >= 4 is 30.3 Å². The smallest absolute Gasteiger partial charge is 0.358 e. The number of anilines is 1. The van der Waals surface area contributed by atoms with E-state index >= 15 is 0 Å². The first kappa shape index (κ1) is 24.1. The van der Waals surface area contributed by atoms with Gasteiger partial charge < -0.3 is 30.3 Å². The summed E-state index contributed by atoms with van der Waals surface area (Å²) in [5, 5.41) is 7.81. The zero-order valence-electron chi connectivity index (χ0n) is 18.1. The van der Waals surface area contributed by atoms with Gasteiger partial charge in [0.05, 0.1) is 11.9 Å². The van der Waals surface area contributed by atoms with E-state index in [-0.39, 0.29) is 5.91 Å². The van der Waals surface area contributed by atoms with Crippen LogP contribution in [0.5, 0.6) is 0 Å². The molecular formula is C22H29N4O5P. The molecule has 0 fully saturated rings. The zero-order chi connectivity index (χ0) is 23.3. The van der Waals surface area contributed by atoms with Crippen LogP contribution in [-0.2, 0) is 17.4 Å². The fourth-order valence-corrected chi connectivity index (χ4v) is 3.86. The van der Waals surface area contributed by atoms with E-state index in [1.807, 2.05) is 30.3 Å². The minimum atomic E-state index is -4.64. The molecule has 2 heterocycles. The van der Waals surface area contributed by atoms with Crippen LogP contribution in [0.15, 0.2) is 42.7 Å². The molecule has 0 radical (unpaired) electrons. The van der Waals surface area contributed by atoms with Gasteiger partial charge in [0, 0.05) is 40.4 Å². The van der Waals surface area contributed by atoms with Crippen molar-refractivity contribution in [2.75, 3.05) is 5.32 Å². The summed E-state index contributed by atoms with van der Waals surface area (Å²) >= 11 is 0. The molecule has 32 heavy (non-hydrogen) atoms. The lowest BCUT2D eigenvalue weighted by atomic mass is 9.90. The number of fused-ring (bicyclic) bond motifs is 3. The summed E-state index contributed by atoms with van der Waals surface area (Å²) in [6.07, 6.45) is 7.69. The number of hydrogen-bond donors (Lipinski definition) is 6. The van der Waals surface area contributed by atoms with E-state index in [0.717, 1.165) is 31.2 Å². The Balaban J connectivity index is 0.000000523. The van der Waals surface area contributed by atoms with E-state index in [1.165, 1.54) is 16.6 Å². The predicted molar refractivity (Wildman–Crippen MR) is 123 cm³/mol. The van der Waals surface area contributed by atoms with Crippen molar-refractivity contribution in [1.82, 2.24) is 15.3 Å². The Morgan fingerprint density at radius 1 is 1.31 bits per heavy atom. The predicted octanol–water partition coefficient (Wildman–Crippen LogP) is 3.13. The third kappa shape index (κ3) is 6.72. The number of carbonyl (C=O) groups excluding carboxylic acids is 1. The van der Waals surface area contributed by atoms with Crippen LogP contribution in [0.2, 0.25) is 0 Å². The van der Waals surface area contributed by atoms with E-state index in [1.54, 1.807) is 12.4 Å². The number of benzene rings is 1. The standard InChI is InChI=1S/C22H26N4O.H3O4P/c1-3-14(2)24-16-7-9-21-19(12-16)18-11-15(6-8-20(18)26-21)22(27)25-17-5-4-10-23-13-17;1-5(2,3)4/h4-6,8,10-11,13-14,16,24,26H,3,7,9,12H2,1-2H3,(H,25,27);(H3,1,2,3,4). The molecule has 0 bridgehead atoms. The maximum Gasteiger partial charge on any atom is 0.466 e. The second-order valence-corrected chi connectivity index (χ2v) is 8.99. The van der Waals surface area contributed by atoms with Gasteiger partial charge in [0.2, 0.25) is 0 Å². The van der Waals surface area contributed by atoms with E-state index < -0.39 is 7.82 Å². The number of aryl methyl sites for hydroxylation is 1. The lowest BCUT2D eigenvalue weighted by Gasteiger charge is -2.26. The molecule has 0 saturated heterocycles. The van der Waals surface area contributed by atoms with Gasteiger partial charge in [0.25, 0.3) is 5.91 Å².